The van der Waals surface area contributed by atoms with Crippen molar-refractivity contribution in [1.82, 2.24) is 0 Å². The van der Waals surface area contributed by atoms with Gasteiger partial charge in [0.25, 0.3) is 0 Å². The van der Waals surface area contributed by atoms with Crippen molar-refractivity contribution >= 4 is 23.2 Å². The molecule has 0 aromatic carbocycles. The quantitative estimate of drug-likeness (QED) is 0.464. The Morgan fingerprint density at radius 1 is 1.36 bits per heavy atom. The van der Waals surface area contributed by atoms with Gasteiger partial charge in [-0.05, 0) is 18.0 Å². The van der Waals surface area contributed by atoms with E-state index in [1.165, 1.54) is 24.8 Å². The molecule has 0 atom stereocenters. The van der Waals surface area contributed by atoms with Crippen molar-refractivity contribution in [3.8, 4) is 0 Å². The molecule has 0 spiro atoms. The number of hydrogen-bond donors (Lipinski definition) is 0. The molecule has 0 rings (SSSR count). The fourth-order valence-electron chi connectivity index (χ4n) is 0.730. The Labute approximate surface area is 78.3 Å². The molecule has 0 radical (unpaired) electrons. The summed E-state index contributed by atoms with van der Waals surface area (Å²) in [6, 6.07) is 0. The van der Waals surface area contributed by atoms with E-state index in [1.54, 1.807) is 0 Å². The minimum atomic E-state index is 0.281. The molecule has 0 heterocycles. The highest BCUT2D eigenvalue weighted by atomic mass is 35.5. The Hall–Kier alpha value is 0.120. The maximum atomic E-state index is 5.49. The molecule has 3 heteroatoms. The number of halogens is 2. The topological polar surface area (TPSA) is 9.23 Å². The highest BCUT2D eigenvalue weighted by Crippen LogP contribution is 2.07. The standard InChI is InChI=1S/C8H14Cl2O/c1-2-3-4-5-6-11-8(10)7-9/h7H,2-6H2,1H3/b8-7-. The van der Waals surface area contributed by atoms with Gasteiger partial charge >= 0.3 is 0 Å². The first-order valence-corrected chi connectivity index (χ1v) is 4.71. The maximum Gasteiger partial charge on any atom is 0.198 e. The van der Waals surface area contributed by atoms with Crippen molar-refractivity contribution in [2.24, 2.45) is 0 Å². The zero-order valence-corrected chi connectivity index (χ0v) is 8.29. The molecule has 0 unspecified atom stereocenters. The largest absolute Gasteiger partial charge is 0.482 e. The van der Waals surface area contributed by atoms with Crippen LogP contribution in [0.1, 0.15) is 32.6 Å². The predicted molar refractivity (Wildman–Crippen MR) is 49.9 cm³/mol. The molecule has 66 valence electrons. The smallest absolute Gasteiger partial charge is 0.198 e. The average Bonchev–Trinajstić information content (AvgIpc) is 2.04. The molecule has 0 amide bonds. The lowest BCUT2D eigenvalue weighted by molar-refractivity contribution is 0.229. The van der Waals surface area contributed by atoms with E-state index in [4.69, 9.17) is 27.9 Å². The first-order valence-electron chi connectivity index (χ1n) is 3.90. The van der Waals surface area contributed by atoms with Gasteiger partial charge in [0.05, 0.1) is 12.1 Å². The molecule has 0 fully saturated rings. The molecule has 0 saturated heterocycles. The van der Waals surface area contributed by atoms with Crippen LogP contribution in [0, 0.1) is 0 Å². The van der Waals surface area contributed by atoms with E-state index in [0.29, 0.717) is 6.61 Å². The third-order valence-electron chi connectivity index (χ3n) is 1.32. The van der Waals surface area contributed by atoms with E-state index in [-0.39, 0.29) is 5.22 Å². The average molecular weight is 197 g/mol. The number of ether oxygens (including phenoxy) is 1. The Morgan fingerprint density at radius 3 is 2.64 bits per heavy atom. The summed E-state index contributed by atoms with van der Waals surface area (Å²) in [4.78, 5) is 0. The summed E-state index contributed by atoms with van der Waals surface area (Å²) >= 11 is 10.8. The summed E-state index contributed by atoms with van der Waals surface area (Å²) in [7, 11) is 0. The molecule has 0 N–H and O–H groups in total. The molecule has 11 heavy (non-hydrogen) atoms. The van der Waals surface area contributed by atoms with E-state index in [2.05, 4.69) is 6.92 Å². The van der Waals surface area contributed by atoms with Crippen molar-refractivity contribution in [2.45, 2.75) is 32.6 Å². The molecule has 0 aromatic rings. The summed E-state index contributed by atoms with van der Waals surface area (Å²) in [5.41, 5.74) is 1.24. The normalized spacial score (nSPS) is 11.7. The van der Waals surface area contributed by atoms with E-state index < -0.39 is 0 Å². The highest BCUT2D eigenvalue weighted by Gasteiger charge is 1.91. The second kappa shape index (κ2) is 8.22. The zero-order valence-electron chi connectivity index (χ0n) is 6.78. The predicted octanol–water partition coefficient (Wildman–Crippen LogP) is 3.86. The number of hydrogen-bond acceptors (Lipinski definition) is 1. The van der Waals surface area contributed by atoms with Gasteiger partial charge in [-0.15, -0.1) is 0 Å². The van der Waals surface area contributed by atoms with Crippen LogP contribution in [0.25, 0.3) is 0 Å². The highest BCUT2D eigenvalue weighted by molar-refractivity contribution is 6.35. The molecular weight excluding hydrogens is 183 g/mol. The Bertz CT molecular complexity index is 113. The Morgan fingerprint density at radius 2 is 2.09 bits per heavy atom. The first kappa shape index (κ1) is 11.1. The van der Waals surface area contributed by atoms with Crippen LogP contribution in [0.5, 0.6) is 0 Å². The summed E-state index contributed by atoms with van der Waals surface area (Å²) in [5.74, 6) is 0. The van der Waals surface area contributed by atoms with Crippen molar-refractivity contribution in [1.29, 1.82) is 0 Å². The van der Waals surface area contributed by atoms with Gasteiger partial charge in [0, 0.05) is 0 Å². The van der Waals surface area contributed by atoms with Crippen LogP contribution in [0.2, 0.25) is 0 Å². The Balaban J connectivity index is 3.02. The minimum Gasteiger partial charge on any atom is -0.482 e. The van der Waals surface area contributed by atoms with E-state index in [1.807, 2.05) is 0 Å². The fourth-order valence-corrected chi connectivity index (χ4v) is 0.870. The SMILES string of the molecule is CCCCCCO/C(Cl)=C\Cl. The lowest BCUT2D eigenvalue weighted by Crippen LogP contribution is -1.90. The van der Waals surface area contributed by atoms with E-state index in [9.17, 15) is 0 Å². The molecule has 0 aliphatic rings. The van der Waals surface area contributed by atoms with Gasteiger partial charge in [-0.25, -0.2) is 0 Å². The van der Waals surface area contributed by atoms with E-state index in [0.717, 1.165) is 6.42 Å². The van der Waals surface area contributed by atoms with Crippen LogP contribution in [-0.4, -0.2) is 6.61 Å². The van der Waals surface area contributed by atoms with Gasteiger partial charge in [-0.1, -0.05) is 37.8 Å². The third kappa shape index (κ3) is 8.02. The van der Waals surface area contributed by atoms with Crippen molar-refractivity contribution < 1.29 is 4.74 Å². The summed E-state index contributed by atoms with van der Waals surface area (Å²) in [6.07, 6.45) is 4.74. The van der Waals surface area contributed by atoms with Crippen LogP contribution in [-0.2, 0) is 4.74 Å². The maximum absolute atomic E-state index is 5.49. The second-order valence-corrected chi connectivity index (χ2v) is 2.91. The van der Waals surface area contributed by atoms with Crippen LogP contribution < -0.4 is 0 Å². The monoisotopic (exact) mass is 196 g/mol. The first-order chi connectivity index (χ1) is 5.31. The fraction of sp³-hybridized carbons (Fsp3) is 0.750. The van der Waals surface area contributed by atoms with Gasteiger partial charge in [0.15, 0.2) is 5.22 Å². The summed E-state index contributed by atoms with van der Waals surface area (Å²) in [5, 5.41) is 0.281. The van der Waals surface area contributed by atoms with Gasteiger partial charge in [0.1, 0.15) is 0 Å². The van der Waals surface area contributed by atoms with E-state index >= 15 is 0 Å². The molecule has 0 aromatic heterocycles. The van der Waals surface area contributed by atoms with Crippen LogP contribution in [0.4, 0.5) is 0 Å². The zero-order chi connectivity index (χ0) is 8.53. The van der Waals surface area contributed by atoms with Crippen LogP contribution >= 0.6 is 23.2 Å². The van der Waals surface area contributed by atoms with Crippen molar-refractivity contribution in [3.63, 3.8) is 0 Å². The molecule has 0 aliphatic carbocycles. The third-order valence-corrected chi connectivity index (χ3v) is 1.85. The molecule has 0 bridgehead atoms. The van der Waals surface area contributed by atoms with Gasteiger partial charge in [-0.2, -0.15) is 0 Å². The number of unbranched alkanes of at least 4 members (excludes halogenated alkanes) is 3. The van der Waals surface area contributed by atoms with Crippen molar-refractivity contribution in [3.05, 3.63) is 10.8 Å². The lowest BCUT2D eigenvalue weighted by atomic mass is 10.2. The van der Waals surface area contributed by atoms with Crippen LogP contribution in [0.3, 0.4) is 0 Å². The summed E-state index contributed by atoms with van der Waals surface area (Å²) in [6.45, 7) is 2.84. The molecule has 1 nitrogen and oxygen atoms in total. The van der Waals surface area contributed by atoms with Gasteiger partial charge in [-0.3, -0.25) is 0 Å². The van der Waals surface area contributed by atoms with Gasteiger partial charge in [0.2, 0.25) is 0 Å². The lowest BCUT2D eigenvalue weighted by Gasteiger charge is -2.01. The minimum absolute atomic E-state index is 0.281. The summed E-state index contributed by atoms with van der Waals surface area (Å²) < 4.78 is 5.03. The van der Waals surface area contributed by atoms with Crippen molar-refractivity contribution in [2.75, 3.05) is 6.61 Å². The molecule has 0 aliphatic heterocycles. The number of rotatable bonds is 6. The molecular formula is C8H14Cl2O. The second-order valence-electron chi connectivity index (χ2n) is 2.32. The molecule has 0 saturated carbocycles. The van der Waals surface area contributed by atoms with Gasteiger partial charge < -0.3 is 4.74 Å². The Kier molecular flexibility index (Phi) is 8.31. The van der Waals surface area contributed by atoms with Crippen LogP contribution in [0.15, 0.2) is 10.8 Å².